The molecule has 0 aliphatic heterocycles. The van der Waals surface area contributed by atoms with Gasteiger partial charge >= 0.3 is 0 Å². The first-order valence-corrected chi connectivity index (χ1v) is 10.2. The van der Waals surface area contributed by atoms with Crippen molar-refractivity contribution in [1.29, 1.82) is 0 Å². The van der Waals surface area contributed by atoms with Crippen LogP contribution >= 0.6 is 0 Å². The van der Waals surface area contributed by atoms with Gasteiger partial charge in [-0.15, -0.1) is 0 Å². The van der Waals surface area contributed by atoms with E-state index < -0.39 is 15.9 Å². The number of amides is 1. The molecular weight excluding hydrogens is 374 g/mol. The van der Waals surface area contributed by atoms with Gasteiger partial charge in [-0.3, -0.25) is 9.78 Å². The van der Waals surface area contributed by atoms with Gasteiger partial charge in [-0.05, 0) is 23.3 Å². The van der Waals surface area contributed by atoms with Crippen LogP contribution in [0.1, 0.15) is 17.2 Å². The zero-order valence-corrected chi connectivity index (χ0v) is 16.2. The number of benzene rings is 2. The molecule has 0 atom stereocenters. The molecule has 0 fully saturated rings. The fourth-order valence-corrected chi connectivity index (χ4v) is 3.92. The predicted octanol–water partition coefficient (Wildman–Crippen LogP) is 2.61. The highest BCUT2D eigenvalue weighted by molar-refractivity contribution is 7.89. The fourth-order valence-electron chi connectivity index (χ4n) is 2.82. The number of rotatable bonds is 7. The molecule has 1 aromatic heterocycles. The minimum Gasteiger partial charge on any atom is -0.344 e. The van der Waals surface area contributed by atoms with Crippen LogP contribution in [0.25, 0.3) is 0 Å². The molecule has 1 N–H and O–H groups in total. The molecule has 28 heavy (non-hydrogen) atoms. The highest BCUT2D eigenvalue weighted by Crippen LogP contribution is 2.22. The number of hydrogen-bond donors (Lipinski definition) is 1. The molecule has 6 nitrogen and oxygen atoms in total. The Kier molecular flexibility index (Phi) is 6.18. The van der Waals surface area contributed by atoms with Crippen molar-refractivity contribution in [3.8, 4) is 0 Å². The number of hydrogen-bond acceptors (Lipinski definition) is 4. The Morgan fingerprint density at radius 2 is 1.54 bits per heavy atom. The van der Waals surface area contributed by atoms with Gasteiger partial charge in [0.05, 0.1) is 12.6 Å². The maximum atomic E-state index is 12.7. The second-order valence-electron chi connectivity index (χ2n) is 6.27. The van der Waals surface area contributed by atoms with Gasteiger partial charge in [0.25, 0.3) is 0 Å². The first-order valence-electron chi connectivity index (χ1n) is 8.74. The third-order valence-electron chi connectivity index (χ3n) is 4.28. The molecule has 0 saturated carbocycles. The number of nitrogens with zero attached hydrogens (tertiary/aromatic N) is 2. The first-order chi connectivity index (χ1) is 13.5. The van der Waals surface area contributed by atoms with E-state index in [1.165, 1.54) is 25.5 Å². The summed E-state index contributed by atoms with van der Waals surface area (Å²) in [6.07, 6.45) is 2.76. The lowest BCUT2D eigenvalue weighted by molar-refractivity contribution is -0.121. The van der Waals surface area contributed by atoms with E-state index in [0.717, 1.165) is 15.4 Å². The van der Waals surface area contributed by atoms with Crippen LogP contribution in [0.3, 0.4) is 0 Å². The summed E-state index contributed by atoms with van der Waals surface area (Å²) < 4.78 is 26.2. The minimum atomic E-state index is -3.79. The summed E-state index contributed by atoms with van der Waals surface area (Å²) in [5.41, 5.74) is 1.83. The summed E-state index contributed by atoms with van der Waals surface area (Å²) in [4.78, 5) is 16.5. The largest absolute Gasteiger partial charge is 0.344 e. The molecule has 0 spiro atoms. The van der Waals surface area contributed by atoms with Gasteiger partial charge in [0.15, 0.2) is 0 Å². The van der Waals surface area contributed by atoms with E-state index in [1.807, 2.05) is 60.7 Å². The van der Waals surface area contributed by atoms with Crippen LogP contribution in [0.15, 0.2) is 90.1 Å². The second-order valence-corrected chi connectivity index (χ2v) is 8.32. The molecule has 2 aromatic carbocycles. The van der Waals surface area contributed by atoms with E-state index in [-0.39, 0.29) is 17.5 Å². The third kappa shape index (κ3) is 4.62. The van der Waals surface area contributed by atoms with Gasteiger partial charge in [0.1, 0.15) is 4.90 Å². The van der Waals surface area contributed by atoms with Gasteiger partial charge in [0, 0.05) is 19.4 Å². The molecule has 1 amide bonds. The topological polar surface area (TPSA) is 79.4 Å². The molecule has 3 rings (SSSR count). The van der Waals surface area contributed by atoms with E-state index >= 15 is 0 Å². The zero-order chi connectivity index (χ0) is 20.0. The van der Waals surface area contributed by atoms with Crippen LogP contribution in [-0.4, -0.2) is 37.2 Å². The monoisotopic (exact) mass is 395 g/mol. The lowest BCUT2D eigenvalue weighted by atomic mass is 9.99. The highest BCUT2D eigenvalue weighted by Gasteiger charge is 2.24. The zero-order valence-electron chi connectivity index (χ0n) is 15.4. The van der Waals surface area contributed by atoms with Crippen molar-refractivity contribution in [2.45, 2.75) is 10.9 Å². The van der Waals surface area contributed by atoms with Gasteiger partial charge < -0.3 is 5.32 Å². The number of pyridine rings is 1. The number of aromatic nitrogens is 1. The van der Waals surface area contributed by atoms with E-state index in [4.69, 9.17) is 0 Å². The van der Waals surface area contributed by atoms with Gasteiger partial charge in [-0.1, -0.05) is 60.7 Å². The van der Waals surface area contributed by atoms with E-state index in [2.05, 4.69) is 10.3 Å². The second kappa shape index (κ2) is 8.77. The summed E-state index contributed by atoms with van der Waals surface area (Å²) in [5.74, 6) is -0.396. The number of sulfonamides is 1. The molecule has 0 saturated heterocycles. The Morgan fingerprint density at radius 1 is 0.964 bits per heavy atom. The van der Waals surface area contributed by atoms with E-state index in [9.17, 15) is 13.2 Å². The van der Waals surface area contributed by atoms with Gasteiger partial charge in [-0.2, -0.15) is 4.31 Å². The Morgan fingerprint density at radius 3 is 2.04 bits per heavy atom. The molecule has 0 bridgehead atoms. The molecule has 144 valence electrons. The molecule has 0 unspecified atom stereocenters. The average molecular weight is 395 g/mol. The van der Waals surface area contributed by atoms with Crippen LogP contribution in [0.2, 0.25) is 0 Å². The van der Waals surface area contributed by atoms with E-state index in [0.29, 0.717) is 0 Å². The van der Waals surface area contributed by atoms with Crippen LogP contribution in [0, 0.1) is 0 Å². The predicted molar refractivity (Wildman–Crippen MR) is 107 cm³/mol. The fraction of sp³-hybridized carbons (Fsp3) is 0.143. The van der Waals surface area contributed by atoms with Gasteiger partial charge in [0.2, 0.25) is 15.9 Å². The van der Waals surface area contributed by atoms with Crippen molar-refractivity contribution in [3.05, 3.63) is 96.3 Å². The maximum Gasteiger partial charge on any atom is 0.244 e. The Balaban J connectivity index is 1.77. The lowest BCUT2D eigenvalue weighted by Crippen LogP contribution is -2.40. The summed E-state index contributed by atoms with van der Waals surface area (Å²) >= 11 is 0. The van der Waals surface area contributed by atoms with Crippen LogP contribution < -0.4 is 5.32 Å². The van der Waals surface area contributed by atoms with Crippen molar-refractivity contribution in [2.75, 3.05) is 13.6 Å². The smallest absolute Gasteiger partial charge is 0.244 e. The van der Waals surface area contributed by atoms with Crippen molar-refractivity contribution in [2.24, 2.45) is 0 Å². The Hall–Kier alpha value is -3.03. The average Bonchev–Trinajstić information content (AvgIpc) is 2.74. The van der Waals surface area contributed by atoms with Gasteiger partial charge in [-0.25, -0.2) is 8.42 Å². The van der Waals surface area contributed by atoms with Crippen molar-refractivity contribution >= 4 is 15.9 Å². The third-order valence-corrected chi connectivity index (χ3v) is 6.07. The number of carbonyl (C=O) groups is 1. The molecule has 0 aliphatic carbocycles. The van der Waals surface area contributed by atoms with Crippen molar-refractivity contribution in [3.63, 3.8) is 0 Å². The highest BCUT2D eigenvalue weighted by atomic mass is 32.2. The van der Waals surface area contributed by atoms with Crippen molar-refractivity contribution < 1.29 is 13.2 Å². The SMILES string of the molecule is CN(CC(=O)NC(c1ccccc1)c1ccccc1)S(=O)(=O)c1cccnc1. The molecule has 0 radical (unpaired) electrons. The Bertz CT molecular complexity index is 971. The van der Waals surface area contributed by atoms with Crippen LogP contribution in [0.5, 0.6) is 0 Å². The number of nitrogens with one attached hydrogen (secondary N) is 1. The Labute approximate surface area is 164 Å². The van der Waals surface area contributed by atoms with Crippen LogP contribution in [0.4, 0.5) is 0 Å². The molecular formula is C21H21N3O3S. The molecule has 7 heteroatoms. The summed E-state index contributed by atoms with van der Waals surface area (Å²) in [6.45, 7) is -0.298. The van der Waals surface area contributed by atoms with E-state index in [1.54, 1.807) is 6.07 Å². The molecule has 0 aliphatic rings. The number of likely N-dealkylation sites (N-methyl/N-ethyl adjacent to an activating group) is 1. The maximum absolute atomic E-state index is 12.7. The standard InChI is InChI=1S/C21H21N3O3S/c1-24(28(26,27)19-13-8-14-22-15-19)16-20(25)23-21(17-9-4-2-5-10-17)18-11-6-3-7-12-18/h2-15,21H,16H2,1H3,(H,23,25). The van der Waals surface area contributed by atoms with Crippen LogP contribution in [-0.2, 0) is 14.8 Å². The molecule has 1 heterocycles. The lowest BCUT2D eigenvalue weighted by Gasteiger charge is -2.22. The number of carbonyl (C=O) groups excluding carboxylic acids is 1. The first kappa shape index (κ1) is 19.7. The summed E-state index contributed by atoms with van der Waals surface area (Å²) in [5, 5.41) is 2.94. The molecule has 3 aromatic rings. The minimum absolute atomic E-state index is 0.0490. The van der Waals surface area contributed by atoms with Crippen molar-refractivity contribution in [1.82, 2.24) is 14.6 Å². The quantitative estimate of drug-likeness (QED) is 0.667. The normalized spacial score (nSPS) is 11.5. The summed E-state index contributed by atoms with van der Waals surface area (Å²) in [7, 11) is -2.41. The summed E-state index contributed by atoms with van der Waals surface area (Å²) in [6, 6.07) is 21.7.